The molecule has 0 spiro atoms. The second-order valence-electron chi connectivity index (χ2n) is 4.80. The van der Waals surface area contributed by atoms with E-state index in [0.29, 0.717) is 12.5 Å². The Morgan fingerprint density at radius 1 is 1.42 bits per heavy atom. The second-order valence-corrected chi connectivity index (χ2v) is 4.80. The average Bonchev–Trinajstić information content (AvgIpc) is 2.27. The highest BCUT2D eigenvalue weighted by Crippen LogP contribution is 2.34. The van der Waals surface area contributed by atoms with Crippen LogP contribution >= 0.6 is 0 Å². The van der Waals surface area contributed by atoms with Crippen LogP contribution in [-0.4, -0.2) is 16.2 Å². The van der Waals surface area contributed by atoms with E-state index in [4.69, 9.17) is 0 Å². The Kier molecular flexibility index (Phi) is 5.00. The Bertz CT molecular complexity index is 458. The summed E-state index contributed by atoms with van der Waals surface area (Å²) in [6.07, 6.45) is 1.61. The molecule has 0 aliphatic carbocycles. The number of halogens is 2. The van der Waals surface area contributed by atoms with Crippen LogP contribution in [0.4, 0.5) is 8.78 Å². The van der Waals surface area contributed by atoms with Gasteiger partial charge in [0, 0.05) is 11.6 Å². The third kappa shape index (κ3) is 3.50. The van der Waals surface area contributed by atoms with Gasteiger partial charge in [0.2, 0.25) is 0 Å². The third-order valence-corrected chi connectivity index (χ3v) is 3.30. The summed E-state index contributed by atoms with van der Waals surface area (Å²) in [5.41, 5.74) is -2.07. The molecule has 106 valence electrons. The Hall–Kier alpha value is -1.49. The molecular weight excluding hydrogens is 254 g/mol. The van der Waals surface area contributed by atoms with Crippen LogP contribution in [0.25, 0.3) is 0 Å². The van der Waals surface area contributed by atoms with Gasteiger partial charge in [-0.2, -0.15) is 0 Å². The number of hydrogen-bond acceptors (Lipinski definition) is 2. The number of carboxylic acids is 1. The van der Waals surface area contributed by atoms with Crippen molar-refractivity contribution >= 4 is 5.97 Å². The SMILES string of the molecule is CCCCC(C(=O)O)C(C)(O)c1ccc(F)cc1F. The van der Waals surface area contributed by atoms with Crippen LogP contribution in [0.5, 0.6) is 0 Å². The highest BCUT2D eigenvalue weighted by molar-refractivity contribution is 5.72. The summed E-state index contributed by atoms with van der Waals surface area (Å²) in [4.78, 5) is 11.2. The molecule has 3 nitrogen and oxygen atoms in total. The number of rotatable bonds is 6. The van der Waals surface area contributed by atoms with E-state index in [1.54, 1.807) is 0 Å². The maximum atomic E-state index is 13.7. The Balaban J connectivity index is 3.14. The molecule has 2 N–H and O–H groups in total. The van der Waals surface area contributed by atoms with Gasteiger partial charge in [-0.05, 0) is 19.4 Å². The summed E-state index contributed by atoms with van der Waals surface area (Å²) in [5.74, 6) is -4.03. The van der Waals surface area contributed by atoms with Gasteiger partial charge in [-0.15, -0.1) is 0 Å². The van der Waals surface area contributed by atoms with Gasteiger partial charge >= 0.3 is 5.97 Å². The number of carboxylic acid groups (broad SMARTS) is 1. The monoisotopic (exact) mass is 272 g/mol. The minimum atomic E-state index is -1.88. The van der Waals surface area contributed by atoms with Crippen LogP contribution in [0, 0.1) is 17.6 Å². The highest BCUT2D eigenvalue weighted by atomic mass is 19.1. The molecule has 0 fully saturated rings. The number of unbranched alkanes of at least 4 members (excludes halogenated alkanes) is 1. The van der Waals surface area contributed by atoms with Crippen molar-refractivity contribution in [2.24, 2.45) is 5.92 Å². The molecule has 0 radical (unpaired) electrons. The van der Waals surface area contributed by atoms with Gasteiger partial charge < -0.3 is 10.2 Å². The van der Waals surface area contributed by atoms with Gasteiger partial charge in [0.15, 0.2) is 0 Å². The lowest BCUT2D eigenvalue weighted by Gasteiger charge is -2.30. The molecule has 0 amide bonds. The second kappa shape index (κ2) is 6.10. The molecule has 1 aromatic rings. The van der Waals surface area contributed by atoms with Gasteiger partial charge in [0.25, 0.3) is 0 Å². The van der Waals surface area contributed by atoms with Crippen molar-refractivity contribution in [2.75, 3.05) is 0 Å². The fourth-order valence-corrected chi connectivity index (χ4v) is 2.14. The highest BCUT2D eigenvalue weighted by Gasteiger charge is 2.40. The quantitative estimate of drug-likeness (QED) is 0.836. The maximum Gasteiger partial charge on any atom is 0.309 e. The molecule has 5 heteroatoms. The first-order valence-corrected chi connectivity index (χ1v) is 6.21. The Morgan fingerprint density at radius 3 is 2.53 bits per heavy atom. The predicted octanol–water partition coefficient (Wildman–Crippen LogP) is 3.06. The average molecular weight is 272 g/mol. The van der Waals surface area contributed by atoms with E-state index in [9.17, 15) is 23.8 Å². The van der Waals surface area contributed by atoms with E-state index in [2.05, 4.69) is 0 Å². The van der Waals surface area contributed by atoms with Crippen molar-refractivity contribution in [3.8, 4) is 0 Å². The van der Waals surface area contributed by atoms with E-state index in [1.807, 2.05) is 6.92 Å². The predicted molar refractivity (Wildman–Crippen MR) is 66.6 cm³/mol. The summed E-state index contributed by atoms with van der Waals surface area (Å²) in [6.45, 7) is 3.14. The van der Waals surface area contributed by atoms with Crippen molar-refractivity contribution in [3.05, 3.63) is 35.4 Å². The first-order chi connectivity index (χ1) is 8.80. The van der Waals surface area contributed by atoms with Crippen LogP contribution in [0.1, 0.15) is 38.7 Å². The van der Waals surface area contributed by atoms with E-state index in [-0.39, 0.29) is 12.0 Å². The molecule has 0 aliphatic heterocycles. The zero-order chi connectivity index (χ0) is 14.6. The molecule has 0 heterocycles. The lowest BCUT2D eigenvalue weighted by Crippen LogP contribution is -2.38. The zero-order valence-corrected chi connectivity index (χ0v) is 11.0. The third-order valence-electron chi connectivity index (χ3n) is 3.30. The molecule has 0 aromatic heterocycles. The normalized spacial score (nSPS) is 15.8. The number of hydrogen-bond donors (Lipinski definition) is 2. The summed E-state index contributed by atoms with van der Waals surface area (Å²) < 4.78 is 26.6. The largest absolute Gasteiger partial charge is 0.481 e. The Morgan fingerprint density at radius 2 is 2.05 bits per heavy atom. The van der Waals surface area contributed by atoms with E-state index in [1.165, 1.54) is 6.92 Å². The van der Waals surface area contributed by atoms with Crippen LogP contribution in [0.2, 0.25) is 0 Å². The van der Waals surface area contributed by atoms with Crippen LogP contribution < -0.4 is 0 Å². The molecule has 2 atom stereocenters. The first-order valence-electron chi connectivity index (χ1n) is 6.21. The number of aliphatic hydroxyl groups is 1. The molecule has 2 unspecified atom stereocenters. The van der Waals surface area contributed by atoms with Crippen molar-refractivity contribution in [1.82, 2.24) is 0 Å². The topological polar surface area (TPSA) is 57.5 Å². The summed E-state index contributed by atoms with van der Waals surface area (Å²) in [7, 11) is 0. The molecular formula is C14H18F2O3. The van der Waals surface area contributed by atoms with Crippen LogP contribution in [0.3, 0.4) is 0 Å². The fraction of sp³-hybridized carbons (Fsp3) is 0.500. The summed E-state index contributed by atoms with van der Waals surface area (Å²) in [5, 5.41) is 19.6. The Labute approximate surface area is 110 Å². The minimum Gasteiger partial charge on any atom is -0.481 e. The van der Waals surface area contributed by atoms with Crippen molar-refractivity contribution in [1.29, 1.82) is 0 Å². The van der Waals surface area contributed by atoms with E-state index < -0.39 is 29.1 Å². The van der Waals surface area contributed by atoms with Gasteiger partial charge in [-0.3, -0.25) is 4.79 Å². The lowest BCUT2D eigenvalue weighted by molar-refractivity contribution is -0.152. The van der Waals surface area contributed by atoms with Crippen LogP contribution in [-0.2, 0) is 10.4 Å². The summed E-state index contributed by atoms with van der Waals surface area (Å²) in [6, 6.07) is 2.74. The number of aliphatic carboxylic acids is 1. The standard InChI is InChI=1S/C14H18F2O3/c1-3-4-5-11(13(17)18)14(2,19)10-7-6-9(15)8-12(10)16/h6-8,11,19H,3-5H2,1-2H3,(H,17,18). The number of carbonyl (C=O) groups is 1. The molecule has 0 bridgehead atoms. The first kappa shape index (κ1) is 15.6. The molecule has 1 aromatic carbocycles. The van der Waals surface area contributed by atoms with E-state index in [0.717, 1.165) is 18.6 Å². The summed E-state index contributed by atoms with van der Waals surface area (Å²) >= 11 is 0. The fourth-order valence-electron chi connectivity index (χ4n) is 2.14. The van der Waals surface area contributed by atoms with E-state index >= 15 is 0 Å². The van der Waals surface area contributed by atoms with Crippen LogP contribution in [0.15, 0.2) is 18.2 Å². The lowest BCUT2D eigenvalue weighted by atomic mass is 9.79. The molecule has 0 aliphatic rings. The van der Waals surface area contributed by atoms with Crippen molar-refractivity contribution < 1.29 is 23.8 Å². The molecule has 19 heavy (non-hydrogen) atoms. The molecule has 1 rings (SSSR count). The van der Waals surface area contributed by atoms with Gasteiger partial charge in [0.05, 0.1) is 5.92 Å². The van der Waals surface area contributed by atoms with Gasteiger partial charge in [-0.1, -0.05) is 25.8 Å². The zero-order valence-electron chi connectivity index (χ0n) is 11.0. The van der Waals surface area contributed by atoms with Crippen molar-refractivity contribution in [2.45, 2.75) is 38.7 Å². The maximum absolute atomic E-state index is 13.7. The molecule has 0 saturated heterocycles. The van der Waals surface area contributed by atoms with Gasteiger partial charge in [0.1, 0.15) is 17.2 Å². The molecule has 0 saturated carbocycles. The smallest absolute Gasteiger partial charge is 0.309 e. The van der Waals surface area contributed by atoms with Gasteiger partial charge in [-0.25, -0.2) is 8.78 Å². The minimum absolute atomic E-state index is 0.197. The van der Waals surface area contributed by atoms with Crippen molar-refractivity contribution in [3.63, 3.8) is 0 Å². The number of benzene rings is 1.